The summed E-state index contributed by atoms with van der Waals surface area (Å²) < 4.78 is 26.5. The lowest BCUT2D eigenvalue weighted by Gasteiger charge is -2.08. The number of hydrogen-bond acceptors (Lipinski definition) is 4. The SMILES string of the molecule is Cc1cccc(NC(=O)CCNS(=O)(=O)c2ccccc2Cl)n1. The highest BCUT2D eigenvalue weighted by molar-refractivity contribution is 7.89. The van der Waals surface area contributed by atoms with Crippen LogP contribution in [-0.4, -0.2) is 25.9 Å². The van der Waals surface area contributed by atoms with Crippen molar-refractivity contribution in [1.82, 2.24) is 9.71 Å². The predicted molar refractivity (Wildman–Crippen MR) is 88.9 cm³/mol. The number of sulfonamides is 1. The van der Waals surface area contributed by atoms with E-state index < -0.39 is 10.0 Å². The third kappa shape index (κ3) is 5.02. The van der Waals surface area contributed by atoms with Crippen LogP contribution in [0.2, 0.25) is 5.02 Å². The first kappa shape index (κ1) is 17.4. The summed E-state index contributed by atoms with van der Waals surface area (Å²) in [5, 5.41) is 2.74. The van der Waals surface area contributed by atoms with Gasteiger partial charge in [-0.3, -0.25) is 4.79 Å². The fourth-order valence-corrected chi connectivity index (χ4v) is 3.41. The van der Waals surface area contributed by atoms with Crippen molar-refractivity contribution < 1.29 is 13.2 Å². The summed E-state index contributed by atoms with van der Waals surface area (Å²) in [6.45, 7) is 1.78. The molecule has 1 aromatic heterocycles. The van der Waals surface area contributed by atoms with E-state index in [1.54, 1.807) is 24.3 Å². The Bertz CT molecular complexity index is 809. The monoisotopic (exact) mass is 353 g/mol. The smallest absolute Gasteiger partial charge is 0.242 e. The van der Waals surface area contributed by atoms with Crippen molar-refractivity contribution in [3.05, 3.63) is 53.2 Å². The number of carbonyl (C=O) groups is 1. The van der Waals surface area contributed by atoms with Crippen LogP contribution in [0, 0.1) is 6.92 Å². The average molecular weight is 354 g/mol. The van der Waals surface area contributed by atoms with E-state index in [1.807, 2.05) is 13.0 Å². The van der Waals surface area contributed by atoms with Crippen molar-refractivity contribution >= 4 is 33.3 Å². The number of halogens is 1. The Balaban J connectivity index is 1.89. The van der Waals surface area contributed by atoms with Gasteiger partial charge in [0.05, 0.1) is 5.02 Å². The minimum atomic E-state index is -3.74. The molecule has 2 rings (SSSR count). The first-order valence-electron chi connectivity index (χ1n) is 6.86. The number of amides is 1. The van der Waals surface area contributed by atoms with Crippen molar-refractivity contribution in [2.45, 2.75) is 18.2 Å². The number of aromatic nitrogens is 1. The zero-order valence-corrected chi connectivity index (χ0v) is 14.0. The van der Waals surface area contributed by atoms with Gasteiger partial charge in [-0.2, -0.15) is 0 Å². The summed E-state index contributed by atoms with van der Waals surface area (Å²) in [6, 6.07) is 11.4. The maximum Gasteiger partial charge on any atom is 0.242 e. The van der Waals surface area contributed by atoms with Crippen LogP contribution < -0.4 is 10.0 Å². The van der Waals surface area contributed by atoms with Gasteiger partial charge in [0.2, 0.25) is 15.9 Å². The van der Waals surface area contributed by atoms with Crippen LogP contribution in [0.25, 0.3) is 0 Å². The maximum absolute atomic E-state index is 12.1. The van der Waals surface area contributed by atoms with E-state index in [0.717, 1.165) is 5.69 Å². The van der Waals surface area contributed by atoms with Crippen molar-refractivity contribution in [2.75, 3.05) is 11.9 Å². The van der Waals surface area contributed by atoms with Crippen LogP contribution in [-0.2, 0) is 14.8 Å². The molecule has 0 unspecified atom stereocenters. The topological polar surface area (TPSA) is 88.2 Å². The molecule has 6 nitrogen and oxygen atoms in total. The molecule has 0 aliphatic carbocycles. The van der Waals surface area contributed by atoms with Crippen LogP contribution in [0.4, 0.5) is 5.82 Å². The van der Waals surface area contributed by atoms with Crippen LogP contribution >= 0.6 is 11.6 Å². The molecular weight excluding hydrogens is 338 g/mol. The second kappa shape index (κ2) is 7.54. The average Bonchev–Trinajstić information content (AvgIpc) is 2.47. The van der Waals surface area contributed by atoms with Gasteiger partial charge in [0, 0.05) is 18.7 Å². The summed E-state index contributed by atoms with van der Waals surface area (Å²) in [6.07, 6.45) is -0.0146. The molecule has 0 fully saturated rings. The Hall–Kier alpha value is -1.96. The van der Waals surface area contributed by atoms with E-state index in [9.17, 15) is 13.2 Å². The largest absolute Gasteiger partial charge is 0.311 e. The van der Waals surface area contributed by atoms with Crippen LogP contribution in [0.5, 0.6) is 0 Å². The lowest BCUT2D eigenvalue weighted by Crippen LogP contribution is -2.28. The normalized spacial score (nSPS) is 11.2. The molecule has 0 saturated carbocycles. The first-order chi connectivity index (χ1) is 10.9. The Morgan fingerprint density at radius 3 is 2.61 bits per heavy atom. The zero-order valence-electron chi connectivity index (χ0n) is 12.4. The van der Waals surface area contributed by atoms with E-state index in [0.29, 0.717) is 5.82 Å². The molecule has 1 heterocycles. The number of nitrogens with zero attached hydrogens (tertiary/aromatic N) is 1. The molecule has 2 N–H and O–H groups in total. The molecular formula is C15H16ClN3O3S. The van der Waals surface area contributed by atoms with Gasteiger partial charge in [0.15, 0.2) is 0 Å². The van der Waals surface area contributed by atoms with Crippen molar-refractivity contribution in [3.8, 4) is 0 Å². The Labute approximate surface area is 139 Å². The van der Waals surface area contributed by atoms with Gasteiger partial charge in [0.25, 0.3) is 0 Å². The number of carbonyl (C=O) groups excluding carboxylic acids is 1. The Morgan fingerprint density at radius 2 is 1.91 bits per heavy atom. The fourth-order valence-electron chi connectivity index (χ4n) is 1.86. The van der Waals surface area contributed by atoms with E-state index >= 15 is 0 Å². The molecule has 2 aromatic rings. The minimum absolute atomic E-state index is 0.0116. The van der Waals surface area contributed by atoms with Gasteiger partial charge in [-0.1, -0.05) is 29.8 Å². The summed E-state index contributed by atoms with van der Waals surface area (Å²) in [7, 11) is -3.74. The van der Waals surface area contributed by atoms with Gasteiger partial charge in [-0.05, 0) is 31.2 Å². The number of benzene rings is 1. The van der Waals surface area contributed by atoms with Gasteiger partial charge in [-0.15, -0.1) is 0 Å². The molecule has 23 heavy (non-hydrogen) atoms. The van der Waals surface area contributed by atoms with E-state index in [-0.39, 0.29) is 28.8 Å². The van der Waals surface area contributed by atoms with Gasteiger partial charge < -0.3 is 5.32 Å². The molecule has 0 aliphatic heterocycles. The number of pyridine rings is 1. The molecule has 122 valence electrons. The number of aryl methyl sites for hydroxylation is 1. The predicted octanol–water partition coefficient (Wildman–Crippen LogP) is 2.35. The minimum Gasteiger partial charge on any atom is -0.311 e. The highest BCUT2D eigenvalue weighted by Gasteiger charge is 2.17. The van der Waals surface area contributed by atoms with Gasteiger partial charge >= 0.3 is 0 Å². The van der Waals surface area contributed by atoms with Gasteiger partial charge in [0.1, 0.15) is 10.7 Å². The molecule has 0 bridgehead atoms. The highest BCUT2D eigenvalue weighted by atomic mass is 35.5. The van der Waals surface area contributed by atoms with Crippen LogP contribution in [0.3, 0.4) is 0 Å². The van der Waals surface area contributed by atoms with E-state index in [4.69, 9.17) is 11.6 Å². The van der Waals surface area contributed by atoms with Crippen LogP contribution in [0.1, 0.15) is 12.1 Å². The van der Waals surface area contributed by atoms with Crippen molar-refractivity contribution in [3.63, 3.8) is 0 Å². The molecule has 0 aliphatic rings. The quantitative estimate of drug-likeness (QED) is 0.834. The van der Waals surface area contributed by atoms with Crippen molar-refractivity contribution in [2.24, 2.45) is 0 Å². The van der Waals surface area contributed by atoms with Crippen molar-refractivity contribution in [1.29, 1.82) is 0 Å². The summed E-state index contributed by atoms with van der Waals surface area (Å²) in [4.78, 5) is 15.9. The highest BCUT2D eigenvalue weighted by Crippen LogP contribution is 2.19. The molecule has 8 heteroatoms. The summed E-state index contributed by atoms with van der Waals surface area (Å²) >= 11 is 5.87. The van der Waals surface area contributed by atoms with E-state index in [1.165, 1.54) is 12.1 Å². The molecule has 0 spiro atoms. The molecule has 0 saturated heterocycles. The van der Waals surface area contributed by atoms with E-state index in [2.05, 4.69) is 15.0 Å². The number of rotatable bonds is 6. The molecule has 0 atom stereocenters. The lowest BCUT2D eigenvalue weighted by atomic mass is 10.3. The second-order valence-corrected chi connectivity index (χ2v) is 6.93. The molecule has 1 aromatic carbocycles. The van der Waals surface area contributed by atoms with Crippen LogP contribution in [0.15, 0.2) is 47.4 Å². The fraction of sp³-hybridized carbons (Fsp3) is 0.200. The first-order valence-corrected chi connectivity index (χ1v) is 8.72. The lowest BCUT2D eigenvalue weighted by molar-refractivity contribution is -0.116. The summed E-state index contributed by atoms with van der Waals surface area (Å²) in [5.41, 5.74) is 0.780. The van der Waals surface area contributed by atoms with Gasteiger partial charge in [-0.25, -0.2) is 18.1 Å². The number of hydrogen-bond donors (Lipinski definition) is 2. The second-order valence-electron chi connectivity index (χ2n) is 4.79. The molecule has 0 radical (unpaired) electrons. The zero-order chi connectivity index (χ0) is 16.9. The Morgan fingerprint density at radius 1 is 1.17 bits per heavy atom. The summed E-state index contributed by atoms with van der Waals surface area (Å²) in [5.74, 6) is 0.105. The standard InChI is InChI=1S/C15H16ClN3O3S/c1-11-5-4-8-14(18-11)19-15(20)9-10-17-23(21,22)13-7-3-2-6-12(13)16/h2-8,17H,9-10H2,1H3,(H,18,19,20). The number of nitrogens with one attached hydrogen (secondary N) is 2. The third-order valence-electron chi connectivity index (χ3n) is 2.93. The Kier molecular flexibility index (Phi) is 5.70. The third-order valence-corrected chi connectivity index (χ3v) is 4.89. The number of anilines is 1. The molecule has 1 amide bonds. The maximum atomic E-state index is 12.1.